The molecule has 0 bridgehead atoms. The van der Waals surface area contributed by atoms with E-state index in [2.05, 4.69) is 4.98 Å². The minimum atomic E-state index is -1.10. The van der Waals surface area contributed by atoms with E-state index >= 15 is 0 Å². The smallest absolute Gasteiger partial charge is 0.412 e. The van der Waals surface area contributed by atoms with Crippen LogP contribution in [0.15, 0.2) is 41.5 Å². The predicted molar refractivity (Wildman–Crippen MR) is 82.3 cm³/mol. The summed E-state index contributed by atoms with van der Waals surface area (Å²) in [6.07, 6.45) is 2.47. The van der Waals surface area contributed by atoms with Crippen molar-refractivity contribution in [3.63, 3.8) is 0 Å². The van der Waals surface area contributed by atoms with Crippen LogP contribution in [0.3, 0.4) is 0 Å². The first-order valence-corrected chi connectivity index (χ1v) is 7.29. The Morgan fingerprint density at radius 3 is 2.77 bits per heavy atom. The van der Waals surface area contributed by atoms with E-state index in [1.54, 1.807) is 0 Å². The first-order valence-electron chi connectivity index (χ1n) is 7.29. The van der Waals surface area contributed by atoms with Crippen LogP contribution < -0.4 is 10.5 Å². The molecule has 0 saturated heterocycles. The standard InChI is InChI=1S/C16H17N3O3/c20-15-14-13(7-4-9-19(14)16(21)22)17-11-18(15)10-8-12-5-2-1-3-6-12/h1-3,5-6,11H,4,7-10H2,(H,21,22). The van der Waals surface area contributed by atoms with Crippen LogP contribution in [0.5, 0.6) is 0 Å². The number of aryl methyl sites for hydroxylation is 3. The summed E-state index contributed by atoms with van der Waals surface area (Å²) in [5, 5.41) is 9.26. The first-order chi connectivity index (χ1) is 10.7. The highest BCUT2D eigenvalue weighted by atomic mass is 16.4. The number of carboxylic acid groups (broad SMARTS) is 1. The van der Waals surface area contributed by atoms with Gasteiger partial charge in [0.1, 0.15) is 5.69 Å². The van der Waals surface area contributed by atoms with Crippen molar-refractivity contribution in [1.82, 2.24) is 9.55 Å². The number of hydrogen-bond donors (Lipinski definition) is 1. The Morgan fingerprint density at radius 2 is 2.05 bits per heavy atom. The SMILES string of the molecule is O=C(O)N1CCCc2ncn(CCc3ccccc3)c(=O)c21. The van der Waals surface area contributed by atoms with Crippen molar-refractivity contribution in [2.45, 2.75) is 25.8 Å². The highest BCUT2D eigenvalue weighted by molar-refractivity contribution is 5.86. The lowest BCUT2D eigenvalue weighted by atomic mass is 10.1. The maximum atomic E-state index is 12.6. The lowest BCUT2D eigenvalue weighted by Gasteiger charge is -2.25. The molecule has 2 heterocycles. The molecule has 1 aliphatic rings. The summed E-state index contributed by atoms with van der Waals surface area (Å²) in [6.45, 7) is 0.832. The van der Waals surface area contributed by atoms with Crippen LogP contribution in [0.4, 0.5) is 10.5 Å². The van der Waals surface area contributed by atoms with E-state index in [1.807, 2.05) is 30.3 Å². The molecule has 0 fully saturated rings. The molecule has 2 aromatic rings. The molecule has 0 atom stereocenters. The van der Waals surface area contributed by atoms with Crippen LogP contribution in [0.25, 0.3) is 0 Å². The van der Waals surface area contributed by atoms with Gasteiger partial charge in [0, 0.05) is 13.1 Å². The van der Waals surface area contributed by atoms with Crippen LogP contribution in [-0.4, -0.2) is 27.3 Å². The average molecular weight is 299 g/mol. The molecule has 22 heavy (non-hydrogen) atoms. The van der Waals surface area contributed by atoms with E-state index in [9.17, 15) is 14.7 Å². The van der Waals surface area contributed by atoms with Gasteiger partial charge in [-0.05, 0) is 24.8 Å². The molecule has 0 radical (unpaired) electrons. The number of nitrogens with zero attached hydrogens (tertiary/aromatic N) is 3. The van der Waals surface area contributed by atoms with Crippen LogP contribution in [0.2, 0.25) is 0 Å². The van der Waals surface area contributed by atoms with Crippen molar-refractivity contribution in [3.8, 4) is 0 Å². The Hall–Kier alpha value is -2.63. The number of benzene rings is 1. The maximum Gasteiger partial charge on any atom is 0.412 e. The molecule has 114 valence electrons. The fourth-order valence-electron chi connectivity index (χ4n) is 2.73. The molecule has 6 nitrogen and oxygen atoms in total. The number of fused-ring (bicyclic) bond motifs is 1. The van der Waals surface area contributed by atoms with Gasteiger partial charge >= 0.3 is 6.09 Å². The Kier molecular flexibility index (Phi) is 3.91. The normalized spacial score (nSPS) is 13.7. The number of hydrogen-bond acceptors (Lipinski definition) is 3. The summed E-state index contributed by atoms with van der Waals surface area (Å²) in [4.78, 5) is 29.3. The fourth-order valence-corrected chi connectivity index (χ4v) is 2.73. The summed E-state index contributed by atoms with van der Waals surface area (Å²) < 4.78 is 1.49. The molecule has 0 spiro atoms. The molecule has 0 unspecified atom stereocenters. The van der Waals surface area contributed by atoms with Gasteiger partial charge in [-0.25, -0.2) is 9.78 Å². The molecule has 3 rings (SSSR count). The molecule has 1 aliphatic heterocycles. The summed E-state index contributed by atoms with van der Waals surface area (Å²) in [5.74, 6) is 0. The van der Waals surface area contributed by atoms with Crippen molar-refractivity contribution < 1.29 is 9.90 Å². The third-order valence-corrected chi connectivity index (χ3v) is 3.87. The van der Waals surface area contributed by atoms with E-state index in [-0.39, 0.29) is 11.2 Å². The van der Waals surface area contributed by atoms with Gasteiger partial charge in [-0.2, -0.15) is 0 Å². The lowest BCUT2D eigenvalue weighted by Crippen LogP contribution is -2.41. The van der Waals surface area contributed by atoms with Crippen molar-refractivity contribution >= 4 is 11.8 Å². The van der Waals surface area contributed by atoms with E-state index in [4.69, 9.17) is 0 Å². The Bertz CT molecular complexity index is 740. The van der Waals surface area contributed by atoms with Gasteiger partial charge in [0.05, 0.1) is 12.0 Å². The molecule has 1 amide bonds. The molecular formula is C16H17N3O3. The summed E-state index contributed by atoms with van der Waals surface area (Å²) in [6, 6.07) is 9.85. The van der Waals surface area contributed by atoms with Gasteiger partial charge in [0.2, 0.25) is 0 Å². The number of rotatable bonds is 3. The molecule has 1 aromatic carbocycles. The first kappa shape index (κ1) is 14.3. The molecule has 0 saturated carbocycles. The fraction of sp³-hybridized carbons (Fsp3) is 0.312. The topological polar surface area (TPSA) is 75.4 Å². The van der Waals surface area contributed by atoms with Crippen molar-refractivity contribution in [1.29, 1.82) is 0 Å². The van der Waals surface area contributed by atoms with Gasteiger partial charge in [0.25, 0.3) is 5.56 Å². The molecule has 1 N–H and O–H groups in total. The highest BCUT2D eigenvalue weighted by Crippen LogP contribution is 2.21. The van der Waals surface area contributed by atoms with Crippen LogP contribution in [-0.2, 0) is 19.4 Å². The zero-order valence-electron chi connectivity index (χ0n) is 12.1. The van der Waals surface area contributed by atoms with Crippen LogP contribution in [0, 0.1) is 0 Å². The summed E-state index contributed by atoms with van der Waals surface area (Å²) in [7, 11) is 0. The van der Waals surface area contributed by atoms with E-state index < -0.39 is 6.09 Å². The predicted octanol–water partition coefficient (Wildman–Crippen LogP) is 1.92. The average Bonchev–Trinajstić information content (AvgIpc) is 2.54. The Morgan fingerprint density at radius 1 is 1.27 bits per heavy atom. The largest absolute Gasteiger partial charge is 0.465 e. The summed E-state index contributed by atoms with van der Waals surface area (Å²) in [5.41, 5.74) is 1.65. The summed E-state index contributed by atoms with van der Waals surface area (Å²) >= 11 is 0. The second kappa shape index (κ2) is 6.01. The van der Waals surface area contributed by atoms with Crippen molar-refractivity contribution in [2.75, 3.05) is 11.4 Å². The molecular weight excluding hydrogens is 282 g/mol. The lowest BCUT2D eigenvalue weighted by molar-refractivity contribution is 0.201. The van der Waals surface area contributed by atoms with Gasteiger partial charge in [-0.15, -0.1) is 0 Å². The number of amides is 1. The second-order valence-electron chi connectivity index (χ2n) is 5.31. The quantitative estimate of drug-likeness (QED) is 0.939. The number of carbonyl (C=O) groups is 1. The Labute approximate surface area is 127 Å². The molecule has 0 aliphatic carbocycles. The maximum absolute atomic E-state index is 12.6. The molecule has 1 aromatic heterocycles. The zero-order chi connectivity index (χ0) is 15.5. The minimum absolute atomic E-state index is 0.217. The van der Waals surface area contributed by atoms with E-state index in [0.29, 0.717) is 38.0 Å². The van der Waals surface area contributed by atoms with Gasteiger partial charge in [0.15, 0.2) is 0 Å². The van der Waals surface area contributed by atoms with Crippen LogP contribution in [0.1, 0.15) is 17.7 Å². The number of aromatic nitrogens is 2. The van der Waals surface area contributed by atoms with Crippen molar-refractivity contribution in [2.24, 2.45) is 0 Å². The Balaban J connectivity index is 1.89. The molecule has 6 heteroatoms. The van der Waals surface area contributed by atoms with Gasteiger partial charge in [-0.1, -0.05) is 30.3 Å². The highest BCUT2D eigenvalue weighted by Gasteiger charge is 2.26. The van der Waals surface area contributed by atoms with Crippen LogP contribution >= 0.6 is 0 Å². The third kappa shape index (κ3) is 2.72. The van der Waals surface area contributed by atoms with E-state index in [1.165, 1.54) is 10.9 Å². The second-order valence-corrected chi connectivity index (χ2v) is 5.31. The zero-order valence-corrected chi connectivity index (χ0v) is 12.1. The number of anilines is 1. The van der Waals surface area contributed by atoms with E-state index in [0.717, 1.165) is 10.5 Å². The van der Waals surface area contributed by atoms with Gasteiger partial charge < -0.3 is 5.11 Å². The monoisotopic (exact) mass is 299 g/mol. The minimum Gasteiger partial charge on any atom is -0.465 e. The van der Waals surface area contributed by atoms with Gasteiger partial charge in [-0.3, -0.25) is 14.3 Å². The third-order valence-electron chi connectivity index (χ3n) is 3.87. The van der Waals surface area contributed by atoms with Crippen molar-refractivity contribution in [3.05, 3.63) is 58.3 Å².